The lowest BCUT2D eigenvalue weighted by Gasteiger charge is -2.35. The standard InChI is InChI=1S/C20H36OSi2/c1-22(19-13-11-15-7-3-5-9-17(15)19)21-23(2)20-14-12-16-8-4-6-10-18(16)20/h15-20H,3-14H2,1-2H3. The van der Waals surface area contributed by atoms with Crippen LogP contribution in [0.5, 0.6) is 0 Å². The van der Waals surface area contributed by atoms with Crippen molar-refractivity contribution < 1.29 is 4.12 Å². The van der Waals surface area contributed by atoms with Crippen LogP contribution in [0.25, 0.3) is 0 Å². The Morgan fingerprint density at radius 2 is 1.00 bits per heavy atom. The molecule has 6 atom stereocenters. The van der Waals surface area contributed by atoms with Crippen molar-refractivity contribution in [1.29, 1.82) is 0 Å². The van der Waals surface area contributed by atoms with E-state index in [0.29, 0.717) is 0 Å². The van der Waals surface area contributed by atoms with Gasteiger partial charge < -0.3 is 4.12 Å². The van der Waals surface area contributed by atoms with Crippen LogP contribution >= 0.6 is 0 Å². The summed E-state index contributed by atoms with van der Waals surface area (Å²) in [7, 11) is -1.13. The van der Waals surface area contributed by atoms with Gasteiger partial charge in [0, 0.05) is 0 Å². The first-order valence-corrected chi connectivity index (χ1v) is 14.6. The molecule has 3 heteroatoms. The highest BCUT2D eigenvalue weighted by Crippen LogP contribution is 2.52. The highest BCUT2D eigenvalue weighted by Gasteiger charge is 2.45. The fraction of sp³-hybridized carbons (Fsp3) is 1.00. The monoisotopic (exact) mass is 348 g/mol. The van der Waals surface area contributed by atoms with Crippen molar-refractivity contribution in [2.75, 3.05) is 0 Å². The van der Waals surface area contributed by atoms with E-state index >= 15 is 0 Å². The van der Waals surface area contributed by atoms with Gasteiger partial charge in [0.1, 0.15) is 0 Å². The molecule has 0 aromatic heterocycles. The maximum absolute atomic E-state index is 6.92. The predicted octanol–water partition coefficient (Wildman–Crippen LogP) is 6.19. The molecule has 0 aliphatic heterocycles. The average Bonchev–Trinajstić information content (AvgIpc) is 3.19. The van der Waals surface area contributed by atoms with Gasteiger partial charge in [0.05, 0.1) is 0 Å². The van der Waals surface area contributed by atoms with E-state index in [0.717, 1.165) is 34.8 Å². The minimum atomic E-state index is -0.564. The Morgan fingerprint density at radius 3 is 1.48 bits per heavy atom. The van der Waals surface area contributed by atoms with Gasteiger partial charge >= 0.3 is 0 Å². The van der Waals surface area contributed by atoms with Gasteiger partial charge in [-0.1, -0.05) is 77.0 Å². The summed E-state index contributed by atoms with van der Waals surface area (Å²) in [6.45, 7) is 5.07. The molecule has 0 heterocycles. The molecule has 0 spiro atoms. The van der Waals surface area contributed by atoms with Crippen LogP contribution in [0.3, 0.4) is 0 Å². The van der Waals surface area contributed by atoms with Gasteiger partial charge in [-0.2, -0.15) is 0 Å². The lowest BCUT2D eigenvalue weighted by molar-refractivity contribution is 0.266. The molecular formula is C20H36OSi2. The Bertz CT molecular complexity index is 365. The van der Waals surface area contributed by atoms with E-state index in [1.807, 2.05) is 0 Å². The van der Waals surface area contributed by atoms with Gasteiger partial charge in [-0.3, -0.25) is 0 Å². The zero-order valence-corrected chi connectivity index (χ0v) is 17.4. The minimum absolute atomic E-state index is 0.564. The zero-order chi connectivity index (χ0) is 15.8. The van der Waals surface area contributed by atoms with Crippen LogP contribution < -0.4 is 0 Å². The van der Waals surface area contributed by atoms with Crippen molar-refractivity contribution in [3.63, 3.8) is 0 Å². The second kappa shape index (κ2) is 7.33. The molecule has 4 fully saturated rings. The maximum Gasteiger partial charge on any atom is 0.198 e. The van der Waals surface area contributed by atoms with Crippen molar-refractivity contribution in [3.05, 3.63) is 0 Å². The van der Waals surface area contributed by atoms with Crippen LogP contribution in [0.15, 0.2) is 0 Å². The number of hydrogen-bond donors (Lipinski definition) is 0. The van der Waals surface area contributed by atoms with E-state index in [9.17, 15) is 0 Å². The van der Waals surface area contributed by atoms with E-state index in [-0.39, 0.29) is 0 Å². The van der Waals surface area contributed by atoms with E-state index < -0.39 is 18.1 Å². The molecule has 0 amide bonds. The Morgan fingerprint density at radius 1 is 0.565 bits per heavy atom. The third-order valence-electron chi connectivity index (χ3n) is 8.03. The molecular weight excluding hydrogens is 312 g/mol. The molecule has 23 heavy (non-hydrogen) atoms. The Labute approximate surface area is 147 Å². The van der Waals surface area contributed by atoms with E-state index in [1.54, 1.807) is 0 Å². The second-order valence-electron chi connectivity index (χ2n) is 9.11. The fourth-order valence-electron chi connectivity index (χ4n) is 6.88. The van der Waals surface area contributed by atoms with Gasteiger partial charge in [0.15, 0.2) is 18.1 Å². The van der Waals surface area contributed by atoms with Gasteiger partial charge in [0.25, 0.3) is 0 Å². The number of fused-ring (bicyclic) bond motifs is 2. The lowest BCUT2D eigenvalue weighted by Crippen LogP contribution is -2.36. The molecule has 4 aliphatic rings. The third kappa shape index (κ3) is 3.39. The highest BCUT2D eigenvalue weighted by atomic mass is 28.4. The summed E-state index contributed by atoms with van der Waals surface area (Å²) in [6, 6.07) is 0. The van der Waals surface area contributed by atoms with Gasteiger partial charge in [-0.15, -0.1) is 0 Å². The summed E-state index contributed by atoms with van der Waals surface area (Å²) in [4.78, 5) is 0. The van der Waals surface area contributed by atoms with Gasteiger partial charge in [-0.25, -0.2) is 0 Å². The molecule has 0 aromatic rings. The van der Waals surface area contributed by atoms with Gasteiger partial charge in [0.2, 0.25) is 0 Å². The molecule has 0 saturated heterocycles. The lowest BCUT2D eigenvalue weighted by atomic mass is 9.82. The van der Waals surface area contributed by atoms with Crippen molar-refractivity contribution in [2.45, 2.75) is 101 Å². The summed E-state index contributed by atoms with van der Waals surface area (Å²) in [5.41, 5.74) is 1.99. The average molecular weight is 349 g/mol. The predicted molar refractivity (Wildman–Crippen MR) is 101 cm³/mol. The molecule has 0 aromatic carbocycles. The molecule has 4 rings (SSSR count). The van der Waals surface area contributed by atoms with E-state index in [2.05, 4.69) is 13.1 Å². The first-order chi connectivity index (χ1) is 11.2. The molecule has 4 saturated carbocycles. The normalized spacial score (nSPS) is 43.8. The first kappa shape index (κ1) is 16.8. The SMILES string of the molecule is C[Si](O[Si](C)C1CCC2CCCCC21)C1CCC2CCCCC21. The van der Waals surface area contributed by atoms with Crippen molar-refractivity contribution in [2.24, 2.45) is 23.7 Å². The fourth-order valence-corrected chi connectivity index (χ4v) is 13.4. The summed E-state index contributed by atoms with van der Waals surface area (Å²) >= 11 is 0. The summed E-state index contributed by atoms with van der Waals surface area (Å²) in [5.74, 6) is 4.28. The molecule has 130 valence electrons. The molecule has 4 aliphatic carbocycles. The minimum Gasteiger partial charge on any atom is -0.455 e. The quantitative estimate of drug-likeness (QED) is 0.551. The van der Waals surface area contributed by atoms with E-state index in [4.69, 9.17) is 4.12 Å². The Hall–Kier alpha value is 0.394. The first-order valence-electron chi connectivity index (χ1n) is 10.6. The smallest absolute Gasteiger partial charge is 0.198 e. The van der Waals surface area contributed by atoms with Crippen LogP contribution in [0, 0.1) is 23.7 Å². The van der Waals surface area contributed by atoms with Crippen LogP contribution in [0.2, 0.25) is 24.2 Å². The number of hydrogen-bond acceptors (Lipinski definition) is 1. The summed E-state index contributed by atoms with van der Waals surface area (Å²) in [6.07, 6.45) is 18.2. The molecule has 6 unspecified atom stereocenters. The summed E-state index contributed by atoms with van der Waals surface area (Å²) < 4.78 is 6.92. The number of rotatable bonds is 4. The van der Waals surface area contributed by atoms with Crippen molar-refractivity contribution in [1.82, 2.24) is 0 Å². The zero-order valence-electron chi connectivity index (χ0n) is 15.4. The molecule has 2 radical (unpaired) electrons. The maximum atomic E-state index is 6.92. The van der Waals surface area contributed by atoms with Crippen LogP contribution in [0.1, 0.15) is 77.0 Å². The molecule has 0 bridgehead atoms. The van der Waals surface area contributed by atoms with Crippen molar-refractivity contribution >= 4 is 18.1 Å². The highest BCUT2D eigenvalue weighted by molar-refractivity contribution is 6.66. The Kier molecular flexibility index (Phi) is 5.37. The van der Waals surface area contributed by atoms with Gasteiger partial charge in [-0.05, 0) is 47.8 Å². The second-order valence-corrected chi connectivity index (χ2v) is 13.9. The van der Waals surface area contributed by atoms with E-state index in [1.165, 1.54) is 77.0 Å². The summed E-state index contributed by atoms with van der Waals surface area (Å²) in [5, 5.41) is 0. The van der Waals surface area contributed by atoms with Crippen LogP contribution in [0.4, 0.5) is 0 Å². The van der Waals surface area contributed by atoms with Crippen LogP contribution in [-0.2, 0) is 4.12 Å². The molecule has 0 N–H and O–H groups in total. The molecule has 1 nitrogen and oxygen atoms in total. The van der Waals surface area contributed by atoms with Crippen molar-refractivity contribution in [3.8, 4) is 0 Å². The largest absolute Gasteiger partial charge is 0.455 e. The third-order valence-corrected chi connectivity index (χ3v) is 14.1. The van der Waals surface area contributed by atoms with Crippen LogP contribution in [-0.4, -0.2) is 18.1 Å². The Balaban J connectivity index is 1.34. The topological polar surface area (TPSA) is 9.23 Å².